The molecule has 1 aliphatic rings. The quantitative estimate of drug-likeness (QED) is 0.211. The summed E-state index contributed by atoms with van der Waals surface area (Å²) in [7, 11) is -0.367. The van der Waals surface area contributed by atoms with Gasteiger partial charge in [-0.3, -0.25) is 0 Å². The van der Waals surface area contributed by atoms with Crippen molar-refractivity contribution in [1.82, 2.24) is 0 Å². The van der Waals surface area contributed by atoms with Gasteiger partial charge in [0.1, 0.15) is 0 Å². The van der Waals surface area contributed by atoms with Crippen LogP contribution in [0.1, 0.15) is 27.7 Å². The van der Waals surface area contributed by atoms with Crippen LogP contribution in [0.3, 0.4) is 0 Å². The standard InChI is InChI=1S/C38H33BO2/c1-37(2)38(3,4)41-39(40-37)36-14-8-13-30(25-36)33-18-20-34-23-32(17-19-35(34)24-33)29-12-7-11-28(22-29)31-16-15-26-9-5-6-10-27(26)21-31/h5-25H,1-4H3. The molecule has 0 aliphatic carbocycles. The van der Waals surface area contributed by atoms with Crippen molar-refractivity contribution in [1.29, 1.82) is 0 Å². The minimum atomic E-state index is -0.367. The third kappa shape index (κ3) is 4.76. The van der Waals surface area contributed by atoms with Gasteiger partial charge in [0.2, 0.25) is 0 Å². The summed E-state index contributed by atoms with van der Waals surface area (Å²) in [6.07, 6.45) is 0. The molecule has 0 atom stereocenters. The third-order valence-corrected chi connectivity index (χ3v) is 8.86. The molecule has 41 heavy (non-hydrogen) atoms. The normalized spacial score (nSPS) is 16.0. The summed E-state index contributed by atoms with van der Waals surface area (Å²) in [6, 6.07) is 46.0. The Morgan fingerprint density at radius 3 is 1.37 bits per heavy atom. The molecule has 6 aromatic rings. The molecular weight excluding hydrogens is 499 g/mol. The summed E-state index contributed by atoms with van der Waals surface area (Å²) >= 11 is 0. The van der Waals surface area contributed by atoms with Crippen molar-refractivity contribution in [2.45, 2.75) is 38.9 Å². The van der Waals surface area contributed by atoms with Crippen LogP contribution in [-0.4, -0.2) is 18.3 Å². The zero-order valence-corrected chi connectivity index (χ0v) is 24.0. The maximum absolute atomic E-state index is 6.30. The third-order valence-electron chi connectivity index (χ3n) is 8.86. The Balaban J connectivity index is 1.18. The van der Waals surface area contributed by atoms with Gasteiger partial charge in [-0.1, -0.05) is 103 Å². The molecule has 2 nitrogen and oxygen atoms in total. The van der Waals surface area contributed by atoms with Gasteiger partial charge in [-0.25, -0.2) is 0 Å². The second kappa shape index (κ2) is 9.73. The van der Waals surface area contributed by atoms with Gasteiger partial charge < -0.3 is 9.31 Å². The van der Waals surface area contributed by atoms with Gasteiger partial charge in [-0.15, -0.1) is 0 Å². The Morgan fingerprint density at radius 2 is 0.805 bits per heavy atom. The maximum Gasteiger partial charge on any atom is 0.494 e. The summed E-state index contributed by atoms with van der Waals surface area (Å²) < 4.78 is 12.6. The Bertz CT molecular complexity index is 1900. The highest BCUT2D eigenvalue weighted by Gasteiger charge is 2.51. The topological polar surface area (TPSA) is 18.5 Å². The molecule has 0 amide bonds. The predicted molar refractivity (Wildman–Crippen MR) is 173 cm³/mol. The predicted octanol–water partition coefficient (Wildman–Crippen LogP) is 9.29. The zero-order chi connectivity index (χ0) is 28.2. The Hall–Kier alpha value is -4.18. The van der Waals surface area contributed by atoms with Gasteiger partial charge in [0.15, 0.2) is 0 Å². The second-order valence-electron chi connectivity index (χ2n) is 12.1. The Labute approximate surface area is 242 Å². The lowest BCUT2D eigenvalue weighted by molar-refractivity contribution is 0.00578. The number of fused-ring (bicyclic) bond motifs is 2. The molecular formula is C38H33BO2. The average Bonchev–Trinajstić information content (AvgIpc) is 3.22. The first-order valence-corrected chi connectivity index (χ1v) is 14.4. The number of rotatable bonds is 4. The SMILES string of the molecule is CC1(C)OB(c2cccc(-c3ccc4cc(-c5cccc(-c6ccc7ccccc7c6)c5)ccc4c3)c2)OC1(C)C. The molecule has 1 heterocycles. The Kier molecular flexibility index (Phi) is 6.12. The van der Waals surface area contributed by atoms with Crippen LogP contribution < -0.4 is 5.46 Å². The molecule has 0 unspecified atom stereocenters. The van der Waals surface area contributed by atoms with E-state index in [2.05, 4.69) is 155 Å². The van der Waals surface area contributed by atoms with E-state index in [1.54, 1.807) is 0 Å². The van der Waals surface area contributed by atoms with Crippen LogP contribution in [-0.2, 0) is 9.31 Å². The van der Waals surface area contributed by atoms with E-state index in [0.717, 1.165) is 11.0 Å². The Morgan fingerprint density at radius 1 is 0.390 bits per heavy atom. The monoisotopic (exact) mass is 532 g/mol. The largest absolute Gasteiger partial charge is 0.494 e. The molecule has 3 heteroatoms. The van der Waals surface area contributed by atoms with Crippen molar-refractivity contribution in [3.05, 3.63) is 127 Å². The van der Waals surface area contributed by atoms with Crippen LogP contribution >= 0.6 is 0 Å². The van der Waals surface area contributed by atoms with Gasteiger partial charge in [0.25, 0.3) is 0 Å². The van der Waals surface area contributed by atoms with Crippen LogP contribution in [0.2, 0.25) is 0 Å². The molecule has 0 N–H and O–H groups in total. The number of hydrogen-bond acceptors (Lipinski definition) is 2. The first kappa shape index (κ1) is 25.8. The fourth-order valence-corrected chi connectivity index (χ4v) is 5.70. The van der Waals surface area contributed by atoms with E-state index in [1.165, 1.54) is 49.4 Å². The summed E-state index contributed by atoms with van der Waals surface area (Å²) in [5.74, 6) is 0. The van der Waals surface area contributed by atoms with Gasteiger partial charge in [-0.05, 0) is 112 Å². The second-order valence-corrected chi connectivity index (χ2v) is 12.1. The van der Waals surface area contributed by atoms with E-state index in [1.807, 2.05) is 0 Å². The number of benzene rings is 6. The van der Waals surface area contributed by atoms with Crippen LogP contribution in [0.15, 0.2) is 127 Å². The fourth-order valence-electron chi connectivity index (χ4n) is 5.70. The van der Waals surface area contributed by atoms with Crippen molar-refractivity contribution < 1.29 is 9.31 Å². The van der Waals surface area contributed by atoms with Crippen molar-refractivity contribution >= 4 is 34.1 Å². The zero-order valence-electron chi connectivity index (χ0n) is 24.0. The first-order valence-electron chi connectivity index (χ1n) is 14.4. The van der Waals surface area contributed by atoms with Crippen molar-refractivity contribution in [3.63, 3.8) is 0 Å². The lowest BCUT2D eigenvalue weighted by Gasteiger charge is -2.32. The van der Waals surface area contributed by atoms with E-state index in [9.17, 15) is 0 Å². The average molecular weight is 532 g/mol. The smallest absolute Gasteiger partial charge is 0.399 e. The van der Waals surface area contributed by atoms with Crippen molar-refractivity contribution in [2.75, 3.05) is 0 Å². The van der Waals surface area contributed by atoms with E-state index < -0.39 is 0 Å². The van der Waals surface area contributed by atoms with E-state index in [4.69, 9.17) is 9.31 Å². The summed E-state index contributed by atoms with van der Waals surface area (Å²) in [6.45, 7) is 8.37. The molecule has 200 valence electrons. The van der Waals surface area contributed by atoms with Gasteiger partial charge in [-0.2, -0.15) is 0 Å². The molecule has 7 rings (SSSR count). The highest BCUT2D eigenvalue weighted by Crippen LogP contribution is 2.37. The van der Waals surface area contributed by atoms with Crippen LogP contribution in [0, 0.1) is 0 Å². The highest BCUT2D eigenvalue weighted by molar-refractivity contribution is 6.62. The minimum absolute atomic E-state index is 0.358. The van der Waals surface area contributed by atoms with E-state index >= 15 is 0 Å². The van der Waals surface area contributed by atoms with Crippen molar-refractivity contribution in [2.24, 2.45) is 0 Å². The molecule has 0 bridgehead atoms. The molecule has 1 fully saturated rings. The van der Waals surface area contributed by atoms with Gasteiger partial charge >= 0.3 is 7.12 Å². The summed E-state index contributed by atoms with van der Waals surface area (Å²) in [4.78, 5) is 0. The molecule has 1 aliphatic heterocycles. The molecule has 0 saturated carbocycles. The summed E-state index contributed by atoms with van der Waals surface area (Å²) in [5.41, 5.74) is 7.57. The summed E-state index contributed by atoms with van der Waals surface area (Å²) in [5, 5.41) is 4.97. The minimum Gasteiger partial charge on any atom is -0.399 e. The maximum atomic E-state index is 6.30. The van der Waals surface area contributed by atoms with E-state index in [0.29, 0.717) is 0 Å². The molecule has 0 spiro atoms. The molecule has 0 radical (unpaired) electrons. The van der Waals surface area contributed by atoms with E-state index in [-0.39, 0.29) is 18.3 Å². The van der Waals surface area contributed by atoms with Gasteiger partial charge in [0, 0.05) is 0 Å². The molecule has 0 aromatic heterocycles. The van der Waals surface area contributed by atoms with Crippen LogP contribution in [0.25, 0.3) is 54.9 Å². The lowest BCUT2D eigenvalue weighted by Crippen LogP contribution is -2.41. The van der Waals surface area contributed by atoms with Crippen LogP contribution in [0.4, 0.5) is 0 Å². The lowest BCUT2D eigenvalue weighted by atomic mass is 9.78. The van der Waals surface area contributed by atoms with Crippen molar-refractivity contribution in [3.8, 4) is 33.4 Å². The van der Waals surface area contributed by atoms with Gasteiger partial charge in [0.05, 0.1) is 11.2 Å². The highest BCUT2D eigenvalue weighted by atomic mass is 16.7. The first-order chi connectivity index (χ1) is 19.8. The molecule has 1 saturated heterocycles. The molecule has 6 aromatic carbocycles. The number of hydrogen-bond donors (Lipinski definition) is 0. The van der Waals surface area contributed by atoms with Crippen LogP contribution in [0.5, 0.6) is 0 Å². The fraction of sp³-hybridized carbons (Fsp3) is 0.158.